The van der Waals surface area contributed by atoms with E-state index in [0.29, 0.717) is 0 Å². The number of nitrogens with one attached hydrogen (secondary N) is 1. The van der Waals surface area contributed by atoms with E-state index in [4.69, 9.17) is 5.11 Å². The van der Waals surface area contributed by atoms with E-state index in [2.05, 4.69) is 10.2 Å². The zero-order valence-corrected chi connectivity index (χ0v) is 6.69. The van der Waals surface area contributed by atoms with E-state index in [-0.39, 0.29) is 6.54 Å². The fourth-order valence-electron chi connectivity index (χ4n) is 0.800. The predicted octanol–water partition coefficient (Wildman–Crippen LogP) is -1.69. The first kappa shape index (κ1) is 8.95. The SMILES string of the molecule is CC(O)(CO)Cn1cn[nH]c1=O. The molecule has 1 aromatic rings. The zero-order chi connectivity index (χ0) is 9.19. The summed E-state index contributed by atoms with van der Waals surface area (Å²) >= 11 is 0. The Labute approximate surface area is 68.5 Å². The van der Waals surface area contributed by atoms with E-state index in [1.807, 2.05) is 0 Å². The maximum atomic E-state index is 10.9. The molecule has 1 rings (SSSR count). The number of H-pyrrole nitrogens is 1. The fourth-order valence-corrected chi connectivity index (χ4v) is 0.800. The Morgan fingerprint density at radius 2 is 2.50 bits per heavy atom. The van der Waals surface area contributed by atoms with Crippen molar-refractivity contribution in [3.8, 4) is 0 Å². The van der Waals surface area contributed by atoms with Crippen LogP contribution in [-0.2, 0) is 6.54 Å². The van der Waals surface area contributed by atoms with Crippen molar-refractivity contribution in [1.82, 2.24) is 14.8 Å². The second-order valence-corrected chi connectivity index (χ2v) is 2.94. The molecule has 1 aromatic heterocycles. The maximum absolute atomic E-state index is 10.9. The quantitative estimate of drug-likeness (QED) is 0.509. The lowest BCUT2D eigenvalue weighted by Gasteiger charge is -2.19. The van der Waals surface area contributed by atoms with Crippen molar-refractivity contribution in [2.24, 2.45) is 0 Å². The molecule has 1 heterocycles. The molecule has 0 aliphatic rings. The molecular formula is C6H11N3O3. The molecule has 0 spiro atoms. The molecule has 0 radical (unpaired) electrons. The van der Waals surface area contributed by atoms with Gasteiger partial charge in [-0.1, -0.05) is 0 Å². The summed E-state index contributed by atoms with van der Waals surface area (Å²) in [6.07, 6.45) is 1.27. The first-order chi connectivity index (χ1) is 5.55. The molecule has 0 aliphatic carbocycles. The van der Waals surface area contributed by atoms with Gasteiger partial charge in [0.2, 0.25) is 0 Å². The molecule has 12 heavy (non-hydrogen) atoms. The van der Waals surface area contributed by atoms with Gasteiger partial charge in [0.15, 0.2) is 0 Å². The van der Waals surface area contributed by atoms with Crippen molar-refractivity contribution >= 4 is 0 Å². The summed E-state index contributed by atoms with van der Waals surface area (Å²) in [5, 5.41) is 23.7. The molecule has 0 bridgehead atoms. The molecule has 0 saturated heterocycles. The summed E-state index contributed by atoms with van der Waals surface area (Å²) in [4.78, 5) is 10.9. The van der Waals surface area contributed by atoms with Crippen LogP contribution in [0.2, 0.25) is 0 Å². The smallest absolute Gasteiger partial charge is 0.343 e. The summed E-state index contributed by atoms with van der Waals surface area (Å²) < 4.78 is 1.19. The summed E-state index contributed by atoms with van der Waals surface area (Å²) in [6, 6.07) is 0. The average molecular weight is 173 g/mol. The molecule has 68 valence electrons. The lowest BCUT2D eigenvalue weighted by atomic mass is 10.1. The third kappa shape index (κ3) is 1.93. The van der Waals surface area contributed by atoms with Crippen molar-refractivity contribution in [2.45, 2.75) is 19.1 Å². The van der Waals surface area contributed by atoms with Crippen molar-refractivity contribution in [1.29, 1.82) is 0 Å². The minimum absolute atomic E-state index is 0.0266. The lowest BCUT2D eigenvalue weighted by Crippen LogP contribution is -2.37. The summed E-state index contributed by atoms with van der Waals surface area (Å²) in [5.74, 6) is 0. The van der Waals surface area contributed by atoms with E-state index in [1.54, 1.807) is 0 Å². The van der Waals surface area contributed by atoms with Crippen LogP contribution in [0.3, 0.4) is 0 Å². The van der Waals surface area contributed by atoms with Crippen molar-refractivity contribution < 1.29 is 10.2 Å². The van der Waals surface area contributed by atoms with Gasteiger partial charge in [-0.2, -0.15) is 5.10 Å². The van der Waals surface area contributed by atoms with Crippen LogP contribution in [0.5, 0.6) is 0 Å². The fraction of sp³-hybridized carbons (Fsp3) is 0.667. The van der Waals surface area contributed by atoms with Crippen molar-refractivity contribution in [2.75, 3.05) is 6.61 Å². The minimum Gasteiger partial charge on any atom is -0.393 e. The number of hydrogen-bond acceptors (Lipinski definition) is 4. The van der Waals surface area contributed by atoms with E-state index in [9.17, 15) is 9.90 Å². The molecule has 0 aliphatic heterocycles. The molecule has 0 amide bonds. The van der Waals surface area contributed by atoms with Gasteiger partial charge in [-0.3, -0.25) is 4.57 Å². The van der Waals surface area contributed by atoms with E-state index in [1.165, 1.54) is 17.8 Å². The normalized spacial score (nSPS) is 15.9. The number of aliphatic hydroxyl groups excluding tert-OH is 1. The Morgan fingerprint density at radius 3 is 2.92 bits per heavy atom. The van der Waals surface area contributed by atoms with Crippen molar-refractivity contribution in [3.05, 3.63) is 16.8 Å². The van der Waals surface area contributed by atoms with Crippen LogP contribution in [0.25, 0.3) is 0 Å². The molecular weight excluding hydrogens is 162 g/mol. The zero-order valence-electron chi connectivity index (χ0n) is 6.69. The van der Waals surface area contributed by atoms with E-state index >= 15 is 0 Å². The van der Waals surface area contributed by atoms with Crippen LogP contribution in [-0.4, -0.2) is 37.2 Å². The highest BCUT2D eigenvalue weighted by molar-refractivity contribution is 4.75. The first-order valence-electron chi connectivity index (χ1n) is 3.48. The third-order valence-electron chi connectivity index (χ3n) is 1.47. The number of aromatic nitrogens is 3. The highest BCUT2D eigenvalue weighted by atomic mass is 16.3. The van der Waals surface area contributed by atoms with Gasteiger partial charge in [-0.25, -0.2) is 9.89 Å². The van der Waals surface area contributed by atoms with Crippen LogP contribution in [0.4, 0.5) is 0 Å². The van der Waals surface area contributed by atoms with Gasteiger partial charge in [0, 0.05) is 0 Å². The first-order valence-corrected chi connectivity index (χ1v) is 3.48. The molecule has 6 heteroatoms. The molecule has 0 saturated carbocycles. The number of aliphatic hydroxyl groups is 2. The highest BCUT2D eigenvalue weighted by Gasteiger charge is 2.20. The standard InChI is InChI=1S/C6H11N3O3/c1-6(12,3-10)2-9-4-7-8-5(9)11/h4,10,12H,2-3H2,1H3,(H,8,11). The largest absolute Gasteiger partial charge is 0.393 e. The van der Waals surface area contributed by atoms with Crippen LogP contribution >= 0.6 is 0 Å². The maximum Gasteiger partial charge on any atom is 0.343 e. The molecule has 0 aromatic carbocycles. The van der Waals surface area contributed by atoms with Gasteiger partial charge in [0.1, 0.15) is 11.9 Å². The number of nitrogens with zero attached hydrogens (tertiary/aromatic N) is 2. The van der Waals surface area contributed by atoms with Gasteiger partial charge >= 0.3 is 5.69 Å². The minimum atomic E-state index is -1.28. The topological polar surface area (TPSA) is 91.1 Å². The van der Waals surface area contributed by atoms with Gasteiger partial charge in [-0.15, -0.1) is 0 Å². The van der Waals surface area contributed by atoms with Crippen LogP contribution in [0.15, 0.2) is 11.1 Å². The number of hydrogen-bond donors (Lipinski definition) is 3. The Bertz CT molecular complexity index is 301. The second kappa shape index (κ2) is 3.08. The Morgan fingerprint density at radius 1 is 1.83 bits per heavy atom. The molecule has 1 unspecified atom stereocenters. The van der Waals surface area contributed by atoms with Crippen LogP contribution < -0.4 is 5.69 Å². The Kier molecular flexibility index (Phi) is 2.30. The third-order valence-corrected chi connectivity index (χ3v) is 1.47. The Hall–Kier alpha value is -1.14. The molecule has 1 atom stereocenters. The number of rotatable bonds is 3. The second-order valence-electron chi connectivity index (χ2n) is 2.94. The van der Waals surface area contributed by atoms with Gasteiger partial charge in [0.05, 0.1) is 13.2 Å². The average Bonchev–Trinajstić information content (AvgIpc) is 2.36. The number of aromatic amines is 1. The molecule has 6 nitrogen and oxygen atoms in total. The molecule has 0 fully saturated rings. The predicted molar refractivity (Wildman–Crippen MR) is 40.6 cm³/mol. The van der Waals surface area contributed by atoms with Crippen LogP contribution in [0, 0.1) is 0 Å². The van der Waals surface area contributed by atoms with E-state index in [0.717, 1.165) is 0 Å². The summed E-state index contributed by atoms with van der Waals surface area (Å²) in [5.41, 5.74) is -1.68. The molecule has 3 N–H and O–H groups in total. The van der Waals surface area contributed by atoms with E-state index < -0.39 is 17.9 Å². The monoisotopic (exact) mass is 173 g/mol. The van der Waals surface area contributed by atoms with Gasteiger partial charge in [0.25, 0.3) is 0 Å². The summed E-state index contributed by atoms with van der Waals surface area (Å²) in [7, 11) is 0. The van der Waals surface area contributed by atoms with Gasteiger partial charge in [-0.05, 0) is 6.92 Å². The lowest BCUT2D eigenvalue weighted by molar-refractivity contribution is -0.0127. The Balaban J connectivity index is 2.77. The van der Waals surface area contributed by atoms with Crippen molar-refractivity contribution in [3.63, 3.8) is 0 Å². The van der Waals surface area contributed by atoms with Gasteiger partial charge < -0.3 is 10.2 Å². The summed E-state index contributed by atoms with van der Waals surface area (Å²) in [6.45, 7) is 1.07. The highest BCUT2D eigenvalue weighted by Crippen LogP contribution is 2.02. The van der Waals surface area contributed by atoms with Crippen LogP contribution in [0.1, 0.15) is 6.92 Å².